The number of hydrogen-bond donors (Lipinski definition) is 2. The summed E-state index contributed by atoms with van der Waals surface area (Å²) >= 11 is 1.64. The molecule has 2 aromatic rings. The summed E-state index contributed by atoms with van der Waals surface area (Å²) in [6.45, 7) is 6.49. The highest BCUT2D eigenvalue weighted by molar-refractivity contribution is 7.15. The third kappa shape index (κ3) is 2.11. The number of aliphatic hydroxyl groups is 1. The molecule has 2 aromatic heterocycles. The fourth-order valence-electron chi connectivity index (χ4n) is 1.88. The molecule has 0 bridgehead atoms. The van der Waals surface area contributed by atoms with Crippen LogP contribution < -0.4 is 5.32 Å². The minimum absolute atomic E-state index is 0.194. The number of nitrogens with zero attached hydrogens (tertiary/aromatic N) is 2. The summed E-state index contributed by atoms with van der Waals surface area (Å²) in [5.41, 5.74) is 2.23. The van der Waals surface area contributed by atoms with Crippen molar-refractivity contribution in [3.63, 3.8) is 0 Å². The van der Waals surface area contributed by atoms with Crippen LogP contribution in [-0.4, -0.2) is 27.1 Å². The molecule has 0 fully saturated rings. The van der Waals surface area contributed by atoms with Gasteiger partial charge in [0.1, 0.15) is 0 Å². The van der Waals surface area contributed by atoms with Gasteiger partial charge >= 0.3 is 0 Å². The molecule has 88 valence electrons. The second-order valence-corrected chi connectivity index (χ2v) is 4.99. The summed E-state index contributed by atoms with van der Waals surface area (Å²) < 4.78 is 2.11. The lowest BCUT2D eigenvalue weighted by Crippen LogP contribution is -2.28. The van der Waals surface area contributed by atoms with Crippen molar-refractivity contribution in [1.29, 1.82) is 0 Å². The van der Waals surface area contributed by atoms with Crippen LogP contribution in [0.1, 0.15) is 31.3 Å². The first-order chi connectivity index (χ1) is 7.59. The maximum atomic E-state index is 9.26. The molecule has 0 spiro atoms. The Kier molecular flexibility index (Phi) is 3.28. The number of rotatable bonds is 4. The molecule has 2 atom stereocenters. The molecule has 5 heteroatoms. The average molecular weight is 239 g/mol. The van der Waals surface area contributed by atoms with Crippen LogP contribution in [0.5, 0.6) is 0 Å². The summed E-state index contributed by atoms with van der Waals surface area (Å²) in [6, 6.07) is 0.194. The Balaban J connectivity index is 2.24. The molecule has 4 nitrogen and oxygen atoms in total. The maximum Gasteiger partial charge on any atom is 0.194 e. The zero-order valence-corrected chi connectivity index (χ0v) is 10.6. The minimum Gasteiger partial charge on any atom is -0.392 e. The second-order valence-electron chi connectivity index (χ2n) is 4.12. The number of imidazole rings is 1. The quantitative estimate of drug-likeness (QED) is 0.854. The van der Waals surface area contributed by atoms with Gasteiger partial charge in [-0.2, -0.15) is 0 Å². The predicted octanol–water partition coefficient (Wildman–Crippen LogP) is 1.74. The lowest BCUT2D eigenvalue weighted by atomic mass is 10.2. The summed E-state index contributed by atoms with van der Waals surface area (Å²) in [7, 11) is 0. The Bertz CT molecular complexity index is 474. The van der Waals surface area contributed by atoms with E-state index in [2.05, 4.69) is 21.6 Å². The van der Waals surface area contributed by atoms with E-state index in [0.717, 1.165) is 10.7 Å². The topological polar surface area (TPSA) is 49.6 Å². The van der Waals surface area contributed by atoms with Crippen molar-refractivity contribution in [3.8, 4) is 0 Å². The second kappa shape index (κ2) is 4.53. The van der Waals surface area contributed by atoms with Crippen molar-refractivity contribution in [2.75, 3.05) is 6.54 Å². The van der Waals surface area contributed by atoms with Gasteiger partial charge in [0.2, 0.25) is 0 Å². The molecule has 0 saturated heterocycles. The molecule has 2 heterocycles. The van der Waals surface area contributed by atoms with E-state index in [1.54, 1.807) is 18.3 Å². The predicted molar refractivity (Wildman–Crippen MR) is 65.9 cm³/mol. The van der Waals surface area contributed by atoms with Gasteiger partial charge in [0, 0.05) is 24.2 Å². The van der Waals surface area contributed by atoms with E-state index < -0.39 is 0 Å². The Labute approximate surface area is 98.9 Å². The van der Waals surface area contributed by atoms with Gasteiger partial charge in [0.15, 0.2) is 4.96 Å². The molecular weight excluding hydrogens is 222 g/mol. The van der Waals surface area contributed by atoms with E-state index in [1.807, 2.05) is 18.5 Å². The van der Waals surface area contributed by atoms with Crippen LogP contribution in [0, 0.1) is 6.92 Å². The van der Waals surface area contributed by atoms with Gasteiger partial charge in [0.05, 0.1) is 17.5 Å². The highest BCUT2D eigenvalue weighted by Gasteiger charge is 2.15. The van der Waals surface area contributed by atoms with Crippen molar-refractivity contribution in [1.82, 2.24) is 14.7 Å². The number of thiazole rings is 1. The monoisotopic (exact) mass is 239 g/mol. The van der Waals surface area contributed by atoms with E-state index in [9.17, 15) is 5.11 Å². The molecule has 0 saturated carbocycles. The zero-order valence-electron chi connectivity index (χ0n) is 9.77. The number of aliphatic hydroxyl groups excluding tert-OH is 1. The molecule has 1 unspecified atom stereocenters. The molecule has 0 aromatic carbocycles. The number of aryl methyl sites for hydroxylation is 1. The standard InChI is InChI=1S/C11H17N3OS/c1-7(15)6-12-8(2)10-9(3)13-11-14(10)4-5-16-11/h4-5,7-8,12,15H,6H2,1-3H3/t7-,8?/m0/s1. The van der Waals surface area contributed by atoms with Crippen molar-refractivity contribution in [3.05, 3.63) is 23.0 Å². The van der Waals surface area contributed by atoms with Gasteiger partial charge in [-0.15, -0.1) is 11.3 Å². The molecule has 0 aliphatic rings. The minimum atomic E-state index is -0.325. The third-order valence-corrected chi connectivity index (χ3v) is 3.37. The molecule has 16 heavy (non-hydrogen) atoms. The molecular formula is C11H17N3OS. The van der Waals surface area contributed by atoms with E-state index in [-0.39, 0.29) is 12.1 Å². The highest BCUT2D eigenvalue weighted by atomic mass is 32.1. The summed E-state index contributed by atoms with van der Waals surface area (Å²) in [4.78, 5) is 5.53. The lowest BCUT2D eigenvalue weighted by Gasteiger charge is -2.15. The van der Waals surface area contributed by atoms with Crippen molar-refractivity contribution >= 4 is 16.3 Å². The van der Waals surface area contributed by atoms with Gasteiger partial charge in [-0.1, -0.05) is 0 Å². The van der Waals surface area contributed by atoms with Crippen molar-refractivity contribution < 1.29 is 5.11 Å². The Morgan fingerprint density at radius 1 is 1.56 bits per heavy atom. The van der Waals surface area contributed by atoms with Crippen LogP contribution in [0.25, 0.3) is 4.96 Å². The van der Waals surface area contributed by atoms with Gasteiger partial charge in [-0.25, -0.2) is 4.98 Å². The van der Waals surface area contributed by atoms with Crippen LogP contribution in [-0.2, 0) is 0 Å². The smallest absolute Gasteiger partial charge is 0.194 e. The molecule has 0 amide bonds. The van der Waals surface area contributed by atoms with Crippen LogP contribution in [0.3, 0.4) is 0 Å². The first-order valence-electron chi connectivity index (χ1n) is 5.43. The highest BCUT2D eigenvalue weighted by Crippen LogP contribution is 2.22. The summed E-state index contributed by atoms with van der Waals surface area (Å²) in [5, 5.41) is 14.6. The molecule has 0 radical (unpaired) electrons. The zero-order chi connectivity index (χ0) is 11.7. The Hall–Kier alpha value is -0.910. The van der Waals surface area contributed by atoms with Crippen molar-refractivity contribution in [2.24, 2.45) is 0 Å². The van der Waals surface area contributed by atoms with Gasteiger partial charge in [-0.05, 0) is 20.8 Å². The van der Waals surface area contributed by atoms with E-state index in [0.29, 0.717) is 6.54 Å². The van der Waals surface area contributed by atoms with Gasteiger partial charge < -0.3 is 10.4 Å². The molecule has 0 aliphatic heterocycles. The van der Waals surface area contributed by atoms with E-state index in [1.165, 1.54) is 5.69 Å². The number of nitrogens with one attached hydrogen (secondary N) is 1. The van der Waals surface area contributed by atoms with Crippen LogP contribution >= 0.6 is 11.3 Å². The SMILES string of the molecule is Cc1nc2sccn2c1C(C)NC[C@H](C)O. The number of hydrogen-bond acceptors (Lipinski definition) is 4. The normalized spacial score (nSPS) is 15.5. The fraction of sp³-hybridized carbons (Fsp3) is 0.545. The number of fused-ring (bicyclic) bond motifs is 1. The lowest BCUT2D eigenvalue weighted by molar-refractivity contribution is 0.187. The number of aromatic nitrogens is 2. The van der Waals surface area contributed by atoms with Gasteiger partial charge in [0.25, 0.3) is 0 Å². The van der Waals surface area contributed by atoms with Crippen LogP contribution in [0.4, 0.5) is 0 Å². The summed E-state index contributed by atoms with van der Waals surface area (Å²) in [5.74, 6) is 0. The third-order valence-electron chi connectivity index (χ3n) is 2.61. The van der Waals surface area contributed by atoms with Crippen molar-refractivity contribution in [2.45, 2.75) is 32.9 Å². The Morgan fingerprint density at radius 2 is 2.31 bits per heavy atom. The first kappa shape index (κ1) is 11.6. The van der Waals surface area contributed by atoms with Crippen LogP contribution in [0.15, 0.2) is 11.6 Å². The maximum absolute atomic E-state index is 9.26. The van der Waals surface area contributed by atoms with Gasteiger partial charge in [-0.3, -0.25) is 4.40 Å². The summed E-state index contributed by atoms with van der Waals surface area (Å²) in [6.07, 6.45) is 1.71. The van der Waals surface area contributed by atoms with E-state index >= 15 is 0 Å². The molecule has 2 rings (SSSR count). The largest absolute Gasteiger partial charge is 0.392 e. The molecule has 0 aliphatic carbocycles. The van der Waals surface area contributed by atoms with Crippen LogP contribution in [0.2, 0.25) is 0 Å². The Morgan fingerprint density at radius 3 is 3.00 bits per heavy atom. The van der Waals surface area contributed by atoms with E-state index in [4.69, 9.17) is 0 Å². The fourth-order valence-corrected chi connectivity index (χ4v) is 2.64. The first-order valence-corrected chi connectivity index (χ1v) is 6.31. The molecule has 2 N–H and O–H groups in total. The average Bonchev–Trinajstić information content (AvgIpc) is 2.73.